The molecule has 0 aromatic rings. The topological polar surface area (TPSA) is 17.1 Å². The zero-order chi connectivity index (χ0) is 8.65. The molecule has 0 N–H and O–H groups in total. The molecule has 0 amide bonds. The predicted molar refractivity (Wildman–Crippen MR) is 46.4 cm³/mol. The lowest BCUT2D eigenvalue weighted by Crippen LogP contribution is -1.96. The van der Waals surface area contributed by atoms with E-state index in [0.29, 0.717) is 5.92 Å². The van der Waals surface area contributed by atoms with Gasteiger partial charge in [-0.15, -0.1) is 6.58 Å². The van der Waals surface area contributed by atoms with Crippen LogP contribution in [0.5, 0.6) is 0 Å². The first kappa shape index (κ1) is 8.79. The molecule has 0 saturated heterocycles. The second-order valence-electron chi connectivity index (χ2n) is 3.73. The molecule has 1 nitrogen and oxygen atoms in total. The molecule has 1 aliphatic rings. The number of carbonyl (C=O) groups excluding carboxylic acids is 1. The minimum absolute atomic E-state index is 0.0576. The van der Waals surface area contributed by atoms with Crippen LogP contribution in [-0.4, -0.2) is 5.24 Å². The van der Waals surface area contributed by atoms with Crippen molar-refractivity contribution in [2.24, 2.45) is 17.3 Å². The van der Waals surface area contributed by atoms with E-state index in [1.165, 1.54) is 0 Å². The third kappa shape index (κ3) is 1.34. The molecule has 1 rings (SSSR count). The third-order valence-electron chi connectivity index (χ3n) is 2.72. The van der Waals surface area contributed by atoms with E-state index in [4.69, 9.17) is 11.6 Å². The van der Waals surface area contributed by atoms with Crippen molar-refractivity contribution >= 4 is 16.8 Å². The molecule has 0 heterocycles. The summed E-state index contributed by atoms with van der Waals surface area (Å²) in [7, 11) is 0. The van der Waals surface area contributed by atoms with Crippen molar-refractivity contribution < 1.29 is 4.79 Å². The van der Waals surface area contributed by atoms with Gasteiger partial charge < -0.3 is 0 Å². The summed E-state index contributed by atoms with van der Waals surface area (Å²) < 4.78 is 0. The number of hydrogen-bond acceptors (Lipinski definition) is 1. The maximum Gasteiger partial charge on any atom is 0.225 e. The van der Waals surface area contributed by atoms with Crippen molar-refractivity contribution in [2.45, 2.75) is 20.3 Å². The monoisotopic (exact) mass is 172 g/mol. The van der Waals surface area contributed by atoms with Crippen LogP contribution in [0.2, 0.25) is 0 Å². The van der Waals surface area contributed by atoms with Gasteiger partial charge >= 0.3 is 0 Å². The molecule has 0 aliphatic heterocycles. The number of hydrogen-bond donors (Lipinski definition) is 0. The molecule has 0 aromatic heterocycles. The summed E-state index contributed by atoms with van der Waals surface area (Å²) in [6.45, 7) is 7.80. The molecule has 0 radical (unpaired) electrons. The van der Waals surface area contributed by atoms with Gasteiger partial charge in [-0.05, 0) is 29.4 Å². The van der Waals surface area contributed by atoms with Crippen LogP contribution in [0.1, 0.15) is 20.3 Å². The standard InChI is InChI=1S/C9H13ClO/c1-4-5-6-7(8(10)11)9(6,2)3/h4,6-7H,1,5H2,2-3H3. The summed E-state index contributed by atoms with van der Waals surface area (Å²) in [5.74, 6) is 0.479. The lowest BCUT2D eigenvalue weighted by molar-refractivity contribution is -0.113. The van der Waals surface area contributed by atoms with Gasteiger partial charge in [-0.2, -0.15) is 0 Å². The number of allylic oxidation sites excluding steroid dienone is 1. The van der Waals surface area contributed by atoms with E-state index >= 15 is 0 Å². The normalized spacial score (nSPS) is 33.0. The highest BCUT2D eigenvalue weighted by atomic mass is 35.5. The summed E-state index contributed by atoms with van der Waals surface area (Å²) >= 11 is 5.42. The van der Waals surface area contributed by atoms with Gasteiger partial charge in [0.1, 0.15) is 0 Å². The number of carbonyl (C=O) groups is 1. The quantitative estimate of drug-likeness (QED) is 0.473. The molecule has 2 unspecified atom stereocenters. The largest absolute Gasteiger partial charge is 0.281 e. The van der Waals surface area contributed by atoms with Crippen molar-refractivity contribution in [1.29, 1.82) is 0 Å². The molecule has 2 atom stereocenters. The lowest BCUT2D eigenvalue weighted by Gasteiger charge is -1.97. The van der Waals surface area contributed by atoms with Crippen LogP contribution in [0.25, 0.3) is 0 Å². The van der Waals surface area contributed by atoms with E-state index in [1.54, 1.807) is 0 Å². The van der Waals surface area contributed by atoms with Gasteiger partial charge in [-0.25, -0.2) is 0 Å². The van der Waals surface area contributed by atoms with E-state index in [1.807, 2.05) is 6.08 Å². The Morgan fingerprint density at radius 3 is 2.55 bits per heavy atom. The Kier molecular flexibility index (Phi) is 2.10. The molecule has 1 fully saturated rings. The average Bonchev–Trinajstić information content (AvgIpc) is 2.35. The van der Waals surface area contributed by atoms with Crippen molar-refractivity contribution in [1.82, 2.24) is 0 Å². The van der Waals surface area contributed by atoms with Crippen LogP contribution >= 0.6 is 11.6 Å². The zero-order valence-corrected chi connectivity index (χ0v) is 7.69. The van der Waals surface area contributed by atoms with Crippen molar-refractivity contribution in [3.8, 4) is 0 Å². The van der Waals surface area contributed by atoms with E-state index < -0.39 is 0 Å². The van der Waals surface area contributed by atoms with E-state index in [9.17, 15) is 4.79 Å². The fourth-order valence-corrected chi connectivity index (χ4v) is 2.25. The van der Waals surface area contributed by atoms with Gasteiger partial charge in [-0.3, -0.25) is 4.79 Å². The summed E-state index contributed by atoms with van der Waals surface area (Å²) in [6, 6.07) is 0. The lowest BCUT2D eigenvalue weighted by atomic mass is 10.1. The first-order valence-electron chi connectivity index (χ1n) is 3.82. The average molecular weight is 173 g/mol. The molecule has 0 bridgehead atoms. The Balaban J connectivity index is 2.60. The zero-order valence-electron chi connectivity index (χ0n) is 6.93. The van der Waals surface area contributed by atoms with E-state index in [2.05, 4.69) is 20.4 Å². The third-order valence-corrected chi connectivity index (χ3v) is 2.95. The maximum absolute atomic E-state index is 10.8. The highest BCUT2D eigenvalue weighted by molar-refractivity contribution is 6.64. The Labute approximate surface area is 72.4 Å². The molecule has 11 heavy (non-hydrogen) atoms. The van der Waals surface area contributed by atoms with Gasteiger partial charge in [0.05, 0.1) is 0 Å². The van der Waals surface area contributed by atoms with Crippen LogP contribution in [0.15, 0.2) is 12.7 Å². The maximum atomic E-state index is 10.8. The fraction of sp³-hybridized carbons (Fsp3) is 0.667. The van der Waals surface area contributed by atoms with Crippen LogP contribution in [-0.2, 0) is 4.79 Å². The van der Waals surface area contributed by atoms with Gasteiger partial charge in [-0.1, -0.05) is 19.9 Å². The highest BCUT2D eigenvalue weighted by Gasteiger charge is 2.59. The molecule has 0 spiro atoms. The van der Waals surface area contributed by atoms with Gasteiger partial charge in [0, 0.05) is 5.92 Å². The molecular formula is C9H13ClO. The first-order valence-corrected chi connectivity index (χ1v) is 4.20. The molecule has 62 valence electrons. The summed E-state index contributed by atoms with van der Waals surface area (Å²) in [5, 5.41) is -0.193. The second kappa shape index (κ2) is 2.63. The molecule has 2 heteroatoms. The minimum Gasteiger partial charge on any atom is -0.281 e. The summed E-state index contributed by atoms with van der Waals surface area (Å²) in [6.07, 6.45) is 2.75. The second-order valence-corrected chi connectivity index (χ2v) is 4.11. The Morgan fingerprint density at radius 1 is 1.73 bits per heavy atom. The van der Waals surface area contributed by atoms with E-state index in [-0.39, 0.29) is 16.6 Å². The first-order chi connectivity index (χ1) is 5.01. The van der Waals surface area contributed by atoms with Crippen LogP contribution < -0.4 is 0 Å². The Morgan fingerprint density at radius 2 is 2.27 bits per heavy atom. The molecule has 1 aliphatic carbocycles. The molecule has 0 aromatic carbocycles. The number of halogens is 1. The highest BCUT2D eigenvalue weighted by Crippen LogP contribution is 2.60. The van der Waals surface area contributed by atoms with Crippen LogP contribution in [0.4, 0.5) is 0 Å². The van der Waals surface area contributed by atoms with Gasteiger partial charge in [0.25, 0.3) is 0 Å². The SMILES string of the molecule is C=CCC1C(C(=O)Cl)C1(C)C. The summed E-state index contributed by atoms with van der Waals surface area (Å²) in [4.78, 5) is 10.8. The number of rotatable bonds is 3. The predicted octanol–water partition coefficient (Wildman–Crippen LogP) is 2.60. The fourth-order valence-electron chi connectivity index (χ4n) is 1.81. The van der Waals surface area contributed by atoms with Gasteiger partial charge in [0.2, 0.25) is 5.24 Å². The van der Waals surface area contributed by atoms with Crippen molar-refractivity contribution in [3.05, 3.63) is 12.7 Å². The molecular weight excluding hydrogens is 160 g/mol. The summed E-state index contributed by atoms with van der Waals surface area (Å²) in [5.41, 5.74) is 0.104. The Bertz CT molecular complexity index is 196. The van der Waals surface area contributed by atoms with Crippen molar-refractivity contribution in [2.75, 3.05) is 0 Å². The minimum atomic E-state index is -0.193. The van der Waals surface area contributed by atoms with E-state index in [0.717, 1.165) is 6.42 Å². The Hall–Kier alpha value is -0.300. The molecule has 1 saturated carbocycles. The van der Waals surface area contributed by atoms with Crippen LogP contribution in [0, 0.1) is 17.3 Å². The smallest absolute Gasteiger partial charge is 0.225 e. The van der Waals surface area contributed by atoms with Crippen LogP contribution in [0.3, 0.4) is 0 Å². The van der Waals surface area contributed by atoms with Crippen molar-refractivity contribution in [3.63, 3.8) is 0 Å². The van der Waals surface area contributed by atoms with Gasteiger partial charge in [0.15, 0.2) is 0 Å².